The third kappa shape index (κ3) is 1.55. The number of aliphatic hydroxyl groups excluding tert-OH is 1. The summed E-state index contributed by atoms with van der Waals surface area (Å²) < 4.78 is 0. The van der Waals surface area contributed by atoms with Crippen LogP contribution in [0, 0.1) is 0 Å². The number of aliphatic hydroxyl groups is 1. The number of hydrogen-bond donors (Lipinski definition) is 4. The molecule has 0 amide bonds. The van der Waals surface area contributed by atoms with E-state index in [0.29, 0.717) is 16.5 Å². The van der Waals surface area contributed by atoms with E-state index >= 15 is 0 Å². The number of nitrogens with two attached hydrogens (primary N) is 1. The summed E-state index contributed by atoms with van der Waals surface area (Å²) in [5, 5.41) is 11.9. The highest BCUT2D eigenvalue weighted by molar-refractivity contribution is 7.99. The molecule has 1 aromatic rings. The lowest BCUT2D eigenvalue weighted by molar-refractivity contribution is 0.282. The average molecular weight is 214 g/mol. The van der Waals surface area contributed by atoms with Gasteiger partial charge >= 0.3 is 0 Å². The number of hydrogen-bond acceptors (Lipinski definition) is 6. The van der Waals surface area contributed by atoms with E-state index in [1.54, 1.807) is 0 Å². The number of thioether (sulfide) groups is 1. The van der Waals surface area contributed by atoms with Gasteiger partial charge in [-0.15, -0.1) is 11.8 Å². The third-order valence-electron chi connectivity index (χ3n) is 1.89. The second kappa shape index (κ2) is 3.50. The Bertz CT molecular complexity index is 405. The van der Waals surface area contributed by atoms with Gasteiger partial charge in [-0.05, 0) is 0 Å². The van der Waals surface area contributed by atoms with E-state index in [4.69, 9.17) is 10.8 Å². The first-order valence-electron chi connectivity index (χ1n) is 4.10. The van der Waals surface area contributed by atoms with Crippen LogP contribution in [0.3, 0.4) is 0 Å². The Hall–Kier alpha value is -1.21. The van der Waals surface area contributed by atoms with Gasteiger partial charge in [-0.25, -0.2) is 0 Å². The van der Waals surface area contributed by atoms with Crippen LogP contribution in [-0.2, 0) is 0 Å². The van der Waals surface area contributed by atoms with E-state index < -0.39 is 0 Å². The van der Waals surface area contributed by atoms with E-state index in [2.05, 4.69) is 15.3 Å². The van der Waals surface area contributed by atoms with E-state index in [1.165, 1.54) is 11.8 Å². The molecule has 1 aromatic heterocycles. The van der Waals surface area contributed by atoms with Crippen LogP contribution in [0.1, 0.15) is 0 Å². The predicted octanol–water partition coefficient (Wildman–Crippen LogP) is -0.769. The van der Waals surface area contributed by atoms with Crippen molar-refractivity contribution in [2.24, 2.45) is 0 Å². The molecular formula is C7H10N4O2S. The maximum atomic E-state index is 11.4. The molecule has 0 saturated heterocycles. The van der Waals surface area contributed by atoms with Crippen molar-refractivity contribution in [3.63, 3.8) is 0 Å². The zero-order chi connectivity index (χ0) is 10.1. The number of H-pyrrole nitrogens is 1. The number of aromatic amines is 1. The van der Waals surface area contributed by atoms with Crippen molar-refractivity contribution in [3.8, 4) is 0 Å². The summed E-state index contributed by atoms with van der Waals surface area (Å²) in [4.78, 5) is 18.3. The van der Waals surface area contributed by atoms with Gasteiger partial charge in [0.05, 0.1) is 12.6 Å². The first kappa shape index (κ1) is 9.35. The summed E-state index contributed by atoms with van der Waals surface area (Å²) in [5.74, 6) is 1.19. The Morgan fingerprint density at radius 3 is 3.21 bits per heavy atom. The molecular weight excluding hydrogens is 204 g/mol. The zero-order valence-electron chi connectivity index (χ0n) is 7.28. The average Bonchev–Trinajstić information content (AvgIpc) is 2.16. The summed E-state index contributed by atoms with van der Waals surface area (Å²) in [6, 6.07) is -0.0683. The van der Waals surface area contributed by atoms with Crippen LogP contribution < -0.4 is 16.6 Å². The van der Waals surface area contributed by atoms with E-state index in [0.717, 1.165) is 0 Å². The first-order chi connectivity index (χ1) is 6.70. The van der Waals surface area contributed by atoms with Crippen molar-refractivity contribution in [2.45, 2.75) is 10.9 Å². The highest BCUT2D eigenvalue weighted by Gasteiger charge is 2.21. The Morgan fingerprint density at radius 2 is 2.50 bits per heavy atom. The lowest BCUT2D eigenvalue weighted by Crippen LogP contribution is -2.33. The summed E-state index contributed by atoms with van der Waals surface area (Å²) in [6.07, 6.45) is 0. The maximum Gasteiger partial charge on any atom is 0.268 e. The van der Waals surface area contributed by atoms with Gasteiger partial charge in [0, 0.05) is 5.75 Å². The smallest absolute Gasteiger partial charge is 0.268 e. The molecule has 1 atom stereocenters. The Kier molecular flexibility index (Phi) is 2.34. The summed E-state index contributed by atoms with van der Waals surface area (Å²) in [6.45, 7) is 0.0147. The minimum atomic E-state index is -0.235. The molecule has 2 rings (SSSR count). The summed E-state index contributed by atoms with van der Waals surface area (Å²) in [5.41, 5.74) is 5.16. The van der Waals surface area contributed by atoms with Gasteiger partial charge in [0.15, 0.2) is 0 Å². The highest BCUT2D eigenvalue weighted by Crippen LogP contribution is 2.28. The van der Waals surface area contributed by atoms with Crippen LogP contribution in [0.4, 0.5) is 11.8 Å². The van der Waals surface area contributed by atoms with Crippen molar-refractivity contribution in [1.29, 1.82) is 0 Å². The van der Waals surface area contributed by atoms with Crippen LogP contribution in [0.2, 0.25) is 0 Å². The number of anilines is 2. The fraction of sp³-hybridized carbons (Fsp3) is 0.429. The van der Waals surface area contributed by atoms with Gasteiger partial charge in [-0.3, -0.25) is 9.78 Å². The number of aromatic nitrogens is 2. The largest absolute Gasteiger partial charge is 0.394 e. The molecule has 1 aliphatic heterocycles. The molecule has 1 unspecified atom stereocenters. The number of rotatable bonds is 1. The molecule has 6 nitrogen and oxygen atoms in total. The van der Waals surface area contributed by atoms with Crippen molar-refractivity contribution < 1.29 is 5.11 Å². The lowest BCUT2D eigenvalue weighted by atomic mass is 10.3. The van der Waals surface area contributed by atoms with Gasteiger partial charge in [-0.2, -0.15) is 4.98 Å². The molecule has 7 heteroatoms. The van der Waals surface area contributed by atoms with Crippen LogP contribution in [0.25, 0.3) is 0 Å². The minimum Gasteiger partial charge on any atom is -0.394 e. The molecule has 1 aliphatic rings. The van der Waals surface area contributed by atoms with E-state index in [-0.39, 0.29) is 24.2 Å². The van der Waals surface area contributed by atoms with Gasteiger partial charge < -0.3 is 16.2 Å². The summed E-state index contributed by atoms with van der Waals surface area (Å²) >= 11 is 1.37. The van der Waals surface area contributed by atoms with E-state index in [9.17, 15) is 4.79 Å². The second-order valence-electron chi connectivity index (χ2n) is 2.96. The lowest BCUT2D eigenvalue weighted by Gasteiger charge is -2.23. The number of nitrogen functional groups attached to an aromatic ring is 1. The molecule has 76 valence electrons. The molecule has 2 heterocycles. The standard InChI is InChI=1S/C7H10N4O2S/c8-7-10-5-4(6(13)11-7)14-2-3(1-12)9-5/h3,12H,1-2H2,(H4,8,9,10,11,13). The molecule has 0 aliphatic carbocycles. The Balaban J connectivity index is 2.42. The fourth-order valence-corrected chi connectivity index (χ4v) is 2.21. The number of fused-ring (bicyclic) bond motifs is 1. The van der Waals surface area contributed by atoms with Crippen molar-refractivity contribution >= 4 is 23.5 Å². The van der Waals surface area contributed by atoms with Crippen LogP contribution in [-0.4, -0.2) is 33.5 Å². The quantitative estimate of drug-likeness (QED) is 0.489. The maximum absolute atomic E-state index is 11.4. The van der Waals surface area contributed by atoms with Gasteiger partial charge in [0.25, 0.3) is 5.56 Å². The van der Waals surface area contributed by atoms with Gasteiger partial charge in [0.2, 0.25) is 5.95 Å². The molecule has 14 heavy (non-hydrogen) atoms. The fourth-order valence-electron chi connectivity index (χ4n) is 1.23. The van der Waals surface area contributed by atoms with Crippen LogP contribution >= 0.6 is 11.8 Å². The third-order valence-corrected chi connectivity index (χ3v) is 3.12. The molecule has 0 bridgehead atoms. The van der Waals surface area contributed by atoms with Crippen molar-refractivity contribution in [3.05, 3.63) is 10.4 Å². The topological polar surface area (TPSA) is 104 Å². The molecule has 0 aromatic carbocycles. The number of nitrogens with zero attached hydrogens (tertiary/aromatic N) is 1. The zero-order valence-corrected chi connectivity index (χ0v) is 8.10. The van der Waals surface area contributed by atoms with Gasteiger partial charge in [-0.1, -0.05) is 0 Å². The van der Waals surface area contributed by atoms with Crippen molar-refractivity contribution in [1.82, 2.24) is 9.97 Å². The molecule has 0 fully saturated rings. The number of nitrogens with one attached hydrogen (secondary N) is 2. The van der Waals surface area contributed by atoms with Gasteiger partial charge in [0.1, 0.15) is 10.7 Å². The highest BCUT2D eigenvalue weighted by atomic mass is 32.2. The second-order valence-corrected chi connectivity index (χ2v) is 3.99. The molecule has 0 saturated carbocycles. The monoisotopic (exact) mass is 214 g/mol. The van der Waals surface area contributed by atoms with Crippen LogP contribution in [0.5, 0.6) is 0 Å². The molecule has 0 radical (unpaired) electrons. The van der Waals surface area contributed by atoms with Crippen LogP contribution in [0.15, 0.2) is 9.69 Å². The molecule has 0 spiro atoms. The SMILES string of the molecule is Nc1nc2c(c(=O)[nH]1)SCC(CO)N2. The Morgan fingerprint density at radius 1 is 1.71 bits per heavy atom. The van der Waals surface area contributed by atoms with E-state index in [1.807, 2.05) is 0 Å². The predicted molar refractivity (Wildman–Crippen MR) is 54.5 cm³/mol. The molecule has 5 N–H and O–H groups in total. The van der Waals surface area contributed by atoms with Crippen molar-refractivity contribution in [2.75, 3.05) is 23.4 Å². The Labute approximate surface area is 83.9 Å². The normalized spacial score (nSPS) is 19.9. The first-order valence-corrected chi connectivity index (χ1v) is 5.09. The summed E-state index contributed by atoms with van der Waals surface area (Å²) in [7, 11) is 0. The minimum absolute atomic E-state index is 0.0147.